The smallest absolute Gasteiger partial charge is 0.408 e. The number of aromatic nitrogens is 2. The Kier molecular flexibility index (Phi) is 9.05. The number of amides is 2. The first-order valence-electron chi connectivity index (χ1n) is 16.6. The molecule has 3 aliphatic heterocycles. The second kappa shape index (κ2) is 12.8. The molecule has 2 aromatic rings. The van der Waals surface area contributed by atoms with Gasteiger partial charge in [0.25, 0.3) is 5.92 Å². The van der Waals surface area contributed by atoms with E-state index in [-0.39, 0.29) is 30.3 Å². The zero-order chi connectivity index (χ0) is 33.6. The summed E-state index contributed by atoms with van der Waals surface area (Å²) < 4.78 is 55.2. The number of carbonyl (C=O) groups is 3. The Labute approximate surface area is 273 Å². The molecule has 2 saturated heterocycles. The number of methoxy groups -OCH3 is 1. The van der Waals surface area contributed by atoms with Gasteiger partial charge in [-0.1, -0.05) is 20.3 Å². The predicted octanol–water partition coefficient (Wildman–Crippen LogP) is 5.18. The van der Waals surface area contributed by atoms with E-state index in [4.69, 9.17) is 18.9 Å². The van der Waals surface area contributed by atoms with Crippen molar-refractivity contribution in [3.8, 4) is 11.6 Å². The van der Waals surface area contributed by atoms with Crippen molar-refractivity contribution in [1.82, 2.24) is 20.2 Å². The average Bonchev–Trinajstić information content (AvgIpc) is 3.54. The number of carbonyl (C=O) groups excluding carboxylic acids is 3. The van der Waals surface area contributed by atoms with Crippen molar-refractivity contribution >= 4 is 29.3 Å². The molecule has 0 unspecified atom stereocenters. The van der Waals surface area contributed by atoms with E-state index in [1.54, 1.807) is 18.2 Å². The molecule has 1 aromatic carbocycles. The Morgan fingerprint density at radius 3 is 2.57 bits per heavy atom. The zero-order valence-corrected chi connectivity index (χ0v) is 27.4. The molecule has 0 spiro atoms. The predicted molar refractivity (Wildman–Crippen MR) is 166 cm³/mol. The highest BCUT2D eigenvalue weighted by atomic mass is 19.3. The number of nitrogens with one attached hydrogen (secondary N) is 1. The van der Waals surface area contributed by atoms with Crippen molar-refractivity contribution in [2.75, 3.05) is 26.9 Å². The van der Waals surface area contributed by atoms with Gasteiger partial charge in [-0.15, -0.1) is 0 Å². The monoisotopic (exact) mass is 658 g/mol. The molecule has 11 nitrogen and oxygen atoms in total. The highest BCUT2D eigenvalue weighted by Crippen LogP contribution is 2.50. The molecule has 1 aromatic heterocycles. The number of alkyl carbamates (subject to hydrolysis) is 1. The molecule has 2 amide bonds. The number of nitrogens with zero attached hydrogens (tertiary/aromatic N) is 3. The first-order chi connectivity index (χ1) is 22.4. The van der Waals surface area contributed by atoms with Gasteiger partial charge in [-0.3, -0.25) is 4.79 Å². The van der Waals surface area contributed by atoms with Crippen LogP contribution in [-0.2, 0) is 25.0 Å². The van der Waals surface area contributed by atoms with Crippen molar-refractivity contribution in [3.63, 3.8) is 0 Å². The summed E-state index contributed by atoms with van der Waals surface area (Å²) in [6.45, 7) is 6.38. The topological polar surface area (TPSA) is 129 Å². The lowest BCUT2D eigenvalue weighted by Gasteiger charge is -2.41. The van der Waals surface area contributed by atoms with Crippen LogP contribution in [0.4, 0.5) is 13.6 Å². The molecule has 1 aliphatic carbocycles. The third-order valence-corrected chi connectivity index (χ3v) is 10.8. The van der Waals surface area contributed by atoms with E-state index in [2.05, 4.69) is 15.3 Å². The third kappa shape index (κ3) is 6.47. The van der Waals surface area contributed by atoms with Gasteiger partial charge in [0.1, 0.15) is 29.8 Å². The molecular formula is C34H44F2N4O7. The maximum absolute atomic E-state index is 16.0. The lowest BCUT2D eigenvalue weighted by molar-refractivity contribution is -0.142. The van der Waals surface area contributed by atoms with Gasteiger partial charge in [0.2, 0.25) is 11.8 Å². The maximum atomic E-state index is 16.0. The van der Waals surface area contributed by atoms with E-state index in [0.717, 1.165) is 0 Å². The van der Waals surface area contributed by atoms with Gasteiger partial charge in [-0.25, -0.2) is 14.8 Å². The fourth-order valence-electron chi connectivity index (χ4n) is 7.56. The molecule has 1 N–H and O–H groups in total. The number of halogens is 2. The molecule has 6 atom stereocenters. The normalized spacial score (nSPS) is 32.5. The lowest BCUT2D eigenvalue weighted by Crippen LogP contribution is -2.59. The van der Waals surface area contributed by atoms with Crippen molar-refractivity contribution in [2.24, 2.45) is 17.3 Å². The van der Waals surface area contributed by atoms with E-state index in [1.165, 1.54) is 12.0 Å². The van der Waals surface area contributed by atoms with Crippen LogP contribution < -0.4 is 14.8 Å². The van der Waals surface area contributed by atoms with Crippen LogP contribution in [0.25, 0.3) is 11.0 Å². The Morgan fingerprint density at radius 2 is 1.87 bits per heavy atom. The molecule has 0 radical (unpaired) electrons. The van der Waals surface area contributed by atoms with Gasteiger partial charge in [-0.2, -0.15) is 8.78 Å². The number of ether oxygens (including phenoxy) is 4. The van der Waals surface area contributed by atoms with Crippen LogP contribution in [0, 0.1) is 17.3 Å². The summed E-state index contributed by atoms with van der Waals surface area (Å²) >= 11 is 0. The minimum absolute atomic E-state index is 0.0204. The first kappa shape index (κ1) is 33.3. The second-order valence-electron chi connectivity index (χ2n) is 14.0. The Bertz CT molecular complexity index is 1520. The molecule has 6 rings (SSSR count). The van der Waals surface area contributed by atoms with Gasteiger partial charge in [-0.05, 0) is 57.6 Å². The Balaban J connectivity index is 1.42. The fourth-order valence-corrected chi connectivity index (χ4v) is 7.56. The quantitative estimate of drug-likeness (QED) is 0.442. The second-order valence-corrected chi connectivity index (χ2v) is 14.0. The molecule has 1 saturated carbocycles. The molecular weight excluding hydrogens is 614 g/mol. The van der Waals surface area contributed by atoms with Crippen LogP contribution in [0.1, 0.15) is 77.8 Å². The largest absolute Gasteiger partial charge is 0.497 e. The highest BCUT2D eigenvalue weighted by molar-refractivity contribution is 5.89. The number of hydrogen-bond donors (Lipinski definition) is 1. The van der Waals surface area contributed by atoms with E-state index < -0.39 is 65.2 Å². The summed E-state index contributed by atoms with van der Waals surface area (Å²) in [5.41, 5.74) is -1.41. The molecule has 13 heteroatoms. The minimum atomic E-state index is -3.37. The fraction of sp³-hybridized carbons (Fsp3) is 0.676. The SMILES string of the molecule is CC[C@@H]1[C@@H]2CN(C(=O)[C@H](C3(C)CCOCC3)NC(=O)O[C@]3(C)C[C@H]3CCCCC(F)(F)c3nc4ccc(OC)cc4nc3O2)[C@@H]1C=O. The number of benzene rings is 1. The summed E-state index contributed by atoms with van der Waals surface area (Å²) in [7, 11) is 1.50. The average molecular weight is 659 g/mol. The number of rotatable bonds is 4. The maximum Gasteiger partial charge on any atom is 0.408 e. The van der Waals surface area contributed by atoms with Crippen molar-refractivity contribution < 1.29 is 42.1 Å². The summed E-state index contributed by atoms with van der Waals surface area (Å²) in [5.74, 6) is -4.17. The van der Waals surface area contributed by atoms with E-state index >= 15 is 8.78 Å². The van der Waals surface area contributed by atoms with Crippen molar-refractivity contribution in [2.45, 2.75) is 102 Å². The Morgan fingerprint density at radius 1 is 1.11 bits per heavy atom. The lowest BCUT2D eigenvalue weighted by atomic mass is 9.75. The number of hydrogen-bond acceptors (Lipinski definition) is 9. The number of aldehydes is 1. The molecule has 2 bridgehead atoms. The van der Waals surface area contributed by atoms with E-state index in [1.807, 2.05) is 20.8 Å². The highest BCUT2D eigenvalue weighted by Gasteiger charge is 2.55. The van der Waals surface area contributed by atoms with Crippen LogP contribution >= 0.6 is 0 Å². The van der Waals surface area contributed by atoms with Crippen LogP contribution in [0.5, 0.6) is 11.6 Å². The standard InChI is InChI=1S/C34H44F2N4O7/c1-5-22-25(19-41)40-18-26(22)46-29-27(37-23-10-9-21(44-4)16-24(23)38-29)34(35,36)11-7-6-8-20-17-33(20,3)47-31(43)39-28(30(40)42)32(2)12-14-45-15-13-32/h9-10,16,19-20,22,25-26,28H,5-8,11-15,17-18H2,1-4H3,(H,39,43)/t20-,22+,25-,26+,28-,33-/m1/s1. The molecule has 4 heterocycles. The van der Waals surface area contributed by atoms with E-state index in [0.29, 0.717) is 69.3 Å². The van der Waals surface area contributed by atoms with Gasteiger partial charge < -0.3 is 34.0 Å². The van der Waals surface area contributed by atoms with Crippen LogP contribution in [0.2, 0.25) is 0 Å². The van der Waals surface area contributed by atoms with Crippen molar-refractivity contribution in [3.05, 3.63) is 23.9 Å². The summed E-state index contributed by atoms with van der Waals surface area (Å²) in [6, 6.07) is 2.89. The molecule has 47 heavy (non-hydrogen) atoms. The molecule has 256 valence electrons. The van der Waals surface area contributed by atoms with Crippen molar-refractivity contribution in [1.29, 1.82) is 0 Å². The Hall–Kier alpha value is -3.61. The minimum Gasteiger partial charge on any atom is -0.497 e. The first-order valence-corrected chi connectivity index (χ1v) is 16.6. The third-order valence-electron chi connectivity index (χ3n) is 10.8. The van der Waals surface area contributed by atoms with E-state index in [9.17, 15) is 14.4 Å². The molecule has 3 fully saturated rings. The number of fused-ring (bicyclic) bond motifs is 5. The van der Waals surface area contributed by atoms with Gasteiger partial charge in [0.15, 0.2) is 5.69 Å². The summed E-state index contributed by atoms with van der Waals surface area (Å²) in [4.78, 5) is 50.8. The van der Waals surface area contributed by atoms with Gasteiger partial charge >= 0.3 is 6.09 Å². The zero-order valence-electron chi connectivity index (χ0n) is 27.4. The number of alkyl halides is 2. The molecule has 4 aliphatic rings. The van der Waals surface area contributed by atoms with Gasteiger partial charge in [0, 0.05) is 43.0 Å². The van der Waals surface area contributed by atoms with Crippen LogP contribution in [0.15, 0.2) is 18.2 Å². The summed E-state index contributed by atoms with van der Waals surface area (Å²) in [5, 5.41) is 2.88. The van der Waals surface area contributed by atoms with Gasteiger partial charge in [0.05, 0.1) is 30.7 Å². The van der Waals surface area contributed by atoms with Crippen LogP contribution in [-0.4, -0.2) is 83.8 Å². The summed E-state index contributed by atoms with van der Waals surface area (Å²) in [6.07, 6.45) is 2.05. The van der Waals surface area contributed by atoms with Crippen LogP contribution in [0.3, 0.4) is 0 Å².